The zero-order valence-corrected chi connectivity index (χ0v) is 9.27. The number of carboxylic acid groups (broad SMARTS) is 1. The number of carbonyl (C=O) groups is 1. The quantitative estimate of drug-likeness (QED) is 0.757. The molecule has 84 valence electrons. The van der Waals surface area contributed by atoms with Crippen LogP contribution in [-0.2, 0) is 9.53 Å². The normalized spacial score (nSPS) is 50.7. The molecule has 0 aromatic rings. The maximum atomic E-state index is 11.1. The summed E-state index contributed by atoms with van der Waals surface area (Å²) < 4.78 is 5.81. The van der Waals surface area contributed by atoms with Crippen molar-refractivity contribution in [1.82, 2.24) is 0 Å². The van der Waals surface area contributed by atoms with Gasteiger partial charge >= 0.3 is 5.97 Å². The Morgan fingerprint density at radius 3 is 2.53 bits per heavy atom. The lowest BCUT2D eigenvalue weighted by molar-refractivity contribution is -0.139. The van der Waals surface area contributed by atoms with Crippen molar-refractivity contribution in [3.05, 3.63) is 0 Å². The van der Waals surface area contributed by atoms with Crippen LogP contribution in [0.25, 0.3) is 0 Å². The molecule has 1 aliphatic carbocycles. The highest BCUT2D eigenvalue weighted by Crippen LogP contribution is 2.65. The molecule has 2 saturated heterocycles. The molecule has 1 N–H and O–H groups in total. The Labute approximate surface area is 89.8 Å². The summed E-state index contributed by atoms with van der Waals surface area (Å²) in [6.07, 6.45) is 4.23. The van der Waals surface area contributed by atoms with Crippen molar-refractivity contribution in [3.63, 3.8) is 0 Å². The molecule has 2 heterocycles. The first-order chi connectivity index (χ1) is 7.01. The molecule has 3 fully saturated rings. The van der Waals surface area contributed by atoms with E-state index in [9.17, 15) is 4.79 Å². The SMILES string of the molecule is CC1(C)[C@H](C(=O)O)[C@H]1C1CC2CCC1O2. The van der Waals surface area contributed by atoms with Crippen LogP contribution in [0.15, 0.2) is 0 Å². The summed E-state index contributed by atoms with van der Waals surface area (Å²) >= 11 is 0. The number of fused-ring (bicyclic) bond motifs is 2. The van der Waals surface area contributed by atoms with Crippen LogP contribution in [-0.4, -0.2) is 23.3 Å². The van der Waals surface area contributed by atoms with Crippen molar-refractivity contribution in [2.75, 3.05) is 0 Å². The van der Waals surface area contributed by atoms with Gasteiger partial charge in [-0.05, 0) is 36.5 Å². The van der Waals surface area contributed by atoms with Crippen molar-refractivity contribution in [1.29, 1.82) is 0 Å². The summed E-state index contributed by atoms with van der Waals surface area (Å²) in [6, 6.07) is 0. The molecule has 5 atom stereocenters. The van der Waals surface area contributed by atoms with Gasteiger partial charge in [-0.3, -0.25) is 4.79 Å². The van der Waals surface area contributed by atoms with E-state index in [1.807, 2.05) is 0 Å². The minimum atomic E-state index is -0.618. The van der Waals surface area contributed by atoms with E-state index < -0.39 is 5.97 Å². The van der Waals surface area contributed by atoms with E-state index in [2.05, 4.69) is 13.8 Å². The van der Waals surface area contributed by atoms with E-state index >= 15 is 0 Å². The van der Waals surface area contributed by atoms with Gasteiger partial charge in [0.25, 0.3) is 0 Å². The first-order valence-corrected chi connectivity index (χ1v) is 5.90. The third-order valence-corrected chi connectivity index (χ3v) is 4.79. The minimum absolute atomic E-state index is 0.00958. The zero-order valence-electron chi connectivity index (χ0n) is 9.27. The van der Waals surface area contributed by atoms with Gasteiger partial charge in [0.15, 0.2) is 0 Å². The van der Waals surface area contributed by atoms with E-state index in [0.29, 0.717) is 24.0 Å². The van der Waals surface area contributed by atoms with Crippen molar-refractivity contribution in [2.24, 2.45) is 23.2 Å². The first-order valence-electron chi connectivity index (χ1n) is 5.90. The van der Waals surface area contributed by atoms with Crippen molar-refractivity contribution < 1.29 is 14.6 Å². The molecule has 0 aromatic carbocycles. The summed E-state index contributed by atoms with van der Waals surface area (Å²) in [5.74, 6) is 0.114. The molecule has 2 bridgehead atoms. The van der Waals surface area contributed by atoms with E-state index in [4.69, 9.17) is 9.84 Å². The molecular weight excluding hydrogens is 192 g/mol. The van der Waals surface area contributed by atoms with E-state index in [1.165, 1.54) is 6.42 Å². The van der Waals surface area contributed by atoms with Gasteiger partial charge < -0.3 is 9.84 Å². The maximum Gasteiger partial charge on any atom is 0.307 e. The molecule has 3 heteroatoms. The highest BCUT2D eigenvalue weighted by Gasteiger charge is 2.67. The Kier molecular flexibility index (Phi) is 1.77. The Morgan fingerprint density at radius 2 is 2.13 bits per heavy atom. The van der Waals surface area contributed by atoms with Crippen LogP contribution in [0.3, 0.4) is 0 Å². The average Bonchev–Trinajstić information content (AvgIpc) is 2.58. The van der Waals surface area contributed by atoms with Gasteiger partial charge in [0.1, 0.15) is 0 Å². The molecule has 3 unspecified atom stereocenters. The van der Waals surface area contributed by atoms with Crippen molar-refractivity contribution >= 4 is 5.97 Å². The number of hydrogen-bond acceptors (Lipinski definition) is 2. The van der Waals surface area contributed by atoms with Gasteiger partial charge in [-0.2, -0.15) is 0 Å². The molecule has 0 spiro atoms. The monoisotopic (exact) mass is 210 g/mol. The molecule has 3 aliphatic rings. The van der Waals surface area contributed by atoms with Crippen LogP contribution >= 0.6 is 0 Å². The largest absolute Gasteiger partial charge is 0.481 e. The number of aliphatic carboxylic acids is 1. The molecule has 2 aliphatic heterocycles. The lowest BCUT2D eigenvalue weighted by Gasteiger charge is -2.19. The second kappa shape index (κ2) is 2.76. The average molecular weight is 210 g/mol. The maximum absolute atomic E-state index is 11.1. The molecule has 3 rings (SSSR count). The summed E-state index contributed by atoms with van der Waals surface area (Å²) in [5.41, 5.74) is -0.00958. The van der Waals surface area contributed by atoms with Crippen LogP contribution < -0.4 is 0 Å². The van der Waals surface area contributed by atoms with Crippen LogP contribution in [0.2, 0.25) is 0 Å². The van der Waals surface area contributed by atoms with E-state index in [0.717, 1.165) is 12.8 Å². The summed E-state index contributed by atoms with van der Waals surface area (Å²) in [7, 11) is 0. The number of hydrogen-bond donors (Lipinski definition) is 1. The Balaban J connectivity index is 1.77. The first kappa shape index (κ1) is 9.64. The van der Waals surface area contributed by atoms with Gasteiger partial charge in [-0.15, -0.1) is 0 Å². The lowest BCUT2D eigenvalue weighted by atomic mass is 9.83. The lowest BCUT2D eigenvalue weighted by Crippen LogP contribution is -2.21. The second-order valence-corrected chi connectivity index (χ2v) is 5.94. The Morgan fingerprint density at radius 1 is 1.40 bits per heavy atom. The van der Waals surface area contributed by atoms with E-state index in [-0.39, 0.29) is 11.3 Å². The van der Waals surface area contributed by atoms with E-state index in [1.54, 1.807) is 0 Å². The molecule has 15 heavy (non-hydrogen) atoms. The molecular formula is C12H18O3. The summed E-state index contributed by atoms with van der Waals surface area (Å²) in [6.45, 7) is 4.17. The molecule has 0 radical (unpaired) electrons. The molecule has 3 nitrogen and oxygen atoms in total. The van der Waals surface area contributed by atoms with Gasteiger partial charge in [0.2, 0.25) is 0 Å². The number of carboxylic acids is 1. The molecule has 0 aromatic heterocycles. The number of ether oxygens (including phenoxy) is 1. The van der Waals surface area contributed by atoms with Crippen molar-refractivity contribution in [3.8, 4) is 0 Å². The predicted octanol–water partition coefficient (Wildman–Crippen LogP) is 1.91. The highest BCUT2D eigenvalue weighted by molar-refractivity contribution is 5.75. The standard InChI is InChI=1S/C12H18O3/c1-12(2)9(10(12)11(13)14)7-5-6-3-4-8(7)15-6/h6-10H,3-5H2,1-2H3,(H,13,14)/t6?,7?,8?,9-,10+/m1/s1. The topological polar surface area (TPSA) is 46.5 Å². The smallest absolute Gasteiger partial charge is 0.307 e. The fraction of sp³-hybridized carbons (Fsp3) is 0.917. The highest BCUT2D eigenvalue weighted by atomic mass is 16.5. The fourth-order valence-electron chi connectivity index (χ4n) is 4.00. The summed E-state index contributed by atoms with van der Waals surface area (Å²) in [5, 5.41) is 9.15. The van der Waals surface area contributed by atoms with Gasteiger partial charge in [-0.25, -0.2) is 0 Å². The van der Waals surface area contributed by atoms with Crippen LogP contribution in [0.1, 0.15) is 33.1 Å². The second-order valence-electron chi connectivity index (χ2n) is 5.94. The Bertz CT molecular complexity index is 310. The fourth-order valence-corrected chi connectivity index (χ4v) is 4.00. The molecule has 0 amide bonds. The number of rotatable bonds is 2. The van der Waals surface area contributed by atoms with Gasteiger partial charge in [0, 0.05) is 0 Å². The minimum Gasteiger partial charge on any atom is -0.481 e. The van der Waals surface area contributed by atoms with Crippen LogP contribution in [0.5, 0.6) is 0 Å². The summed E-state index contributed by atoms with van der Waals surface area (Å²) in [4.78, 5) is 11.1. The van der Waals surface area contributed by atoms with Gasteiger partial charge in [0.05, 0.1) is 18.1 Å². The predicted molar refractivity (Wildman–Crippen MR) is 54.4 cm³/mol. The zero-order chi connectivity index (χ0) is 10.8. The Hall–Kier alpha value is -0.570. The third-order valence-electron chi connectivity index (χ3n) is 4.79. The van der Waals surface area contributed by atoms with Gasteiger partial charge in [-0.1, -0.05) is 13.8 Å². The van der Waals surface area contributed by atoms with Crippen LogP contribution in [0.4, 0.5) is 0 Å². The van der Waals surface area contributed by atoms with Crippen LogP contribution in [0, 0.1) is 23.2 Å². The molecule has 1 saturated carbocycles. The third kappa shape index (κ3) is 1.19. The van der Waals surface area contributed by atoms with Crippen molar-refractivity contribution in [2.45, 2.75) is 45.3 Å².